The van der Waals surface area contributed by atoms with E-state index in [0.29, 0.717) is 43.6 Å². The van der Waals surface area contributed by atoms with Crippen molar-refractivity contribution in [3.63, 3.8) is 0 Å². The molecule has 0 aliphatic carbocycles. The zero-order valence-electron chi connectivity index (χ0n) is 22.1. The van der Waals surface area contributed by atoms with Gasteiger partial charge in [-0.1, -0.05) is 19.1 Å². The van der Waals surface area contributed by atoms with E-state index in [1.54, 1.807) is 21.9 Å². The SMILES string of the molecule is CCN1CCN(Cc2ccc(Nc3ncc4ccn(-c5cc(F)c(N6CCOCC6)c(F)c5)c4n3)cc2)CC1. The molecule has 0 spiro atoms. The van der Waals surface area contributed by atoms with Crippen LogP contribution >= 0.6 is 0 Å². The van der Waals surface area contributed by atoms with Crippen molar-refractivity contribution in [3.8, 4) is 5.69 Å². The highest BCUT2D eigenvalue weighted by Crippen LogP contribution is 2.29. The van der Waals surface area contributed by atoms with Crippen molar-refractivity contribution in [2.45, 2.75) is 13.5 Å². The van der Waals surface area contributed by atoms with Gasteiger partial charge in [0.2, 0.25) is 5.95 Å². The Kier molecular flexibility index (Phi) is 7.40. The van der Waals surface area contributed by atoms with Crippen molar-refractivity contribution in [3.05, 3.63) is 72.1 Å². The number of aromatic nitrogens is 3. The molecule has 0 amide bonds. The predicted molar refractivity (Wildman–Crippen MR) is 149 cm³/mol. The summed E-state index contributed by atoms with van der Waals surface area (Å²) in [5.41, 5.74) is 3.06. The Morgan fingerprint density at radius 2 is 1.59 bits per heavy atom. The van der Waals surface area contributed by atoms with Crippen LogP contribution in [0.5, 0.6) is 0 Å². The number of piperazine rings is 1. The summed E-state index contributed by atoms with van der Waals surface area (Å²) in [5, 5.41) is 4.04. The topological polar surface area (TPSA) is 61.7 Å². The molecular weight excluding hydrogens is 500 g/mol. The molecular formula is C29H33F2N7O. The maximum atomic E-state index is 15.1. The van der Waals surface area contributed by atoms with E-state index in [2.05, 4.69) is 44.1 Å². The number of rotatable bonds is 7. The zero-order chi connectivity index (χ0) is 26.8. The Labute approximate surface area is 226 Å². The smallest absolute Gasteiger partial charge is 0.229 e. The Morgan fingerprint density at radius 1 is 0.897 bits per heavy atom. The van der Waals surface area contributed by atoms with Crippen LogP contribution in [0.2, 0.25) is 0 Å². The number of halogens is 2. The number of hydrogen-bond acceptors (Lipinski definition) is 7. The number of nitrogens with zero attached hydrogens (tertiary/aromatic N) is 6. The molecule has 2 aliphatic heterocycles. The Morgan fingerprint density at radius 3 is 2.28 bits per heavy atom. The molecule has 2 aliphatic rings. The lowest BCUT2D eigenvalue weighted by Gasteiger charge is -2.34. The van der Waals surface area contributed by atoms with E-state index in [4.69, 9.17) is 4.74 Å². The molecule has 204 valence electrons. The summed E-state index contributed by atoms with van der Waals surface area (Å²) in [7, 11) is 0. The highest BCUT2D eigenvalue weighted by Gasteiger charge is 2.21. The third kappa shape index (κ3) is 5.59. The summed E-state index contributed by atoms with van der Waals surface area (Å²) in [6.07, 6.45) is 3.46. The molecule has 0 saturated carbocycles. The van der Waals surface area contributed by atoms with E-state index in [-0.39, 0.29) is 5.69 Å². The minimum Gasteiger partial charge on any atom is -0.378 e. The summed E-state index contributed by atoms with van der Waals surface area (Å²) < 4.78 is 37.2. The Bertz CT molecular complexity index is 1400. The molecule has 1 N–H and O–H groups in total. The van der Waals surface area contributed by atoms with Crippen LogP contribution in [0.3, 0.4) is 0 Å². The fourth-order valence-electron chi connectivity index (χ4n) is 5.31. The number of morpholine rings is 1. The molecule has 6 rings (SSSR count). The molecule has 39 heavy (non-hydrogen) atoms. The predicted octanol–water partition coefficient (Wildman–Crippen LogP) is 4.42. The number of hydrogen-bond donors (Lipinski definition) is 1. The highest BCUT2D eigenvalue weighted by molar-refractivity contribution is 5.79. The van der Waals surface area contributed by atoms with Crippen molar-refractivity contribution in [1.82, 2.24) is 24.3 Å². The van der Waals surface area contributed by atoms with Gasteiger partial charge in [0.25, 0.3) is 0 Å². The number of fused-ring (bicyclic) bond motifs is 1. The Hall–Kier alpha value is -3.60. The third-order valence-electron chi connectivity index (χ3n) is 7.56. The minimum atomic E-state index is -0.603. The second-order valence-corrected chi connectivity index (χ2v) is 10.0. The van der Waals surface area contributed by atoms with Crippen LogP contribution in [0.4, 0.5) is 26.1 Å². The van der Waals surface area contributed by atoms with Crippen molar-refractivity contribution < 1.29 is 13.5 Å². The lowest BCUT2D eigenvalue weighted by molar-refractivity contribution is 0.122. The third-order valence-corrected chi connectivity index (χ3v) is 7.56. The molecule has 0 atom stereocenters. The monoisotopic (exact) mass is 533 g/mol. The van der Waals surface area contributed by atoms with Crippen molar-refractivity contribution in [2.75, 3.05) is 69.2 Å². The normalized spacial score (nSPS) is 17.2. The lowest BCUT2D eigenvalue weighted by atomic mass is 10.2. The van der Waals surface area contributed by atoms with Crippen molar-refractivity contribution in [1.29, 1.82) is 0 Å². The van der Waals surface area contributed by atoms with Crippen LogP contribution in [0.25, 0.3) is 16.7 Å². The number of likely N-dealkylation sites (N-methyl/N-ethyl adjacent to an activating group) is 1. The number of ether oxygens (including phenoxy) is 1. The molecule has 2 fully saturated rings. The maximum absolute atomic E-state index is 15.1. The average Bonchev–Trinajstić information content (AvgIpc) is 3.38. The van der Waals surface area contributed by atoms with Crippen molar-refractivity contribution in [2.24, 2.45) is 0 Å². The highest BCUT2D eigenvalue weighted by atomic mass is 19.1. The molecule has 0 unspecified atom stereocenters. The number of nitrogens with one attached hydrogen (secondary N) is 1. The number of anilines is 3. The van der Waals surface area contributed by atoms with E-state index in [1.807, 2.05) is 18.2 Å². The van der Waals surface area contributed by atoms with E-state index in [1.165, 1.54) is 17.7 Å². The van der Waals surface area contributed by atoms with Crippen LogP contribution in [-0.4, -0.2) is 83.4 Å². The first kappa shape index (κ1) is 25.7. The van der Waals surface area contributed by atoms with Gasteiger partial charge in [-0.25, -0.2) is 13.8 Å². The molecule has 0 bridgehead atoms. The average molecular weight is 534 g/mol. The molecule has 2 saturated heterocycles. The van der Waals surface area contributed by atoms with Gasteiger partial charge in [0, 0.05) is 81.4 Å². The minimum absolute atomic E-state index is 0.0119. The molecule has 4 heterocycles. The zero-order valence-corrected chi connectivity index (χ0v) is 22.1. The van der Waals surface area contributed by atoms with Gasteiger partial charge in [-0.05, 0) is 30.3 Å². The second-order valence-electron chi connectivity index (χ2n) is 10.0. The van der Waals surface area contributed by atoms with Gasteiger partial charge in [0.05, 0.1) is 18.9 Å². The molecule has 2 aromatic carbocycles. The largest absolute Gasteiger partial charge is 0.378 e. The van der Waals surface area contributed by atoms with E-state index in [9.17, 15) is 0 Å². The lowest BCUT2D eigenvalue weighted by Crippen LogP contribution is -2.45. The first-order valence-corrected chi connectivity index (χ1v) is 13.5. The van der Waals surface area contributed by atoms with Gasteiger partial charge in [0.1, 0.15) is 11.3 Å². The second kappa shape index (κ2) is 11.3. The Balaban J connectivity index is 1.18. The van der Waals surface area contributed by atoms with Crippen molar-refractivity contribution >= 4 is 28.4 Å². The number of benzene rings is 2. The van der Waals surface area contributed by atoms with Crippen LogP contribution in [0, 0.1) is 11.6 Å². The van der Waals surface area contributed by atoms with Gasteiger partial charge in [-0.3, -0.25) is 4.90 Å². The molecule has 2 aromatic heterocycles. The summed E-state index contributed by atoms with van der Waals surface area (Å²) in [4.78, 5) is 15.8. The van der Waals surface area contributed by atoms with Crippen LogP contribution < -0.4 is 10.2 Å². The van der Waals surface area contributed by atoms with Crippen LogP contribution in [0.15, 0.2) is 54.9 Å². The fraction of sp³-hybridized carbons (Fsp3) is 0.379. The van der Waals surface area contributed by atoms with Crippen LogP contribution in [-0.2, 0) is 11.3 Å². The van der Waals surface area contributed by atoms with E-state index in [0.717, 1.165) is 50.3 Å². The van der Waals surface area contributed by atoms with Crippen LogP contribution in [0.1, 0.15) is 12.5 Å². The van der Waals surface area contributed by atoms with Gasteiger partial charge in [-0.15, -0.1) is 0 Å². The fourth-order valence-corrected chi connectivity index (χ4v) is 5.31. The van der Waals surface area contributed by atoms with Gasteiger partial charge >= 0.3 is 0 Å². The first-order valence-electron chi connectivity index (χ1n) is 13.5. The standard InChI is InChI=1S/C29H33F2N7O/c1-2-35-9-11-36(12-10-35)20-21-3-5-23(6-4-21)33-29-32-19-22-7-8-38(28(22)34-29)24-17-25(30)27(26(31)18-24)37-13-15-39-16-14-37/h3-8,17-19H,2,9-16,20H2,1H3,(H,32,33,34). The molecule has 0 radical (unpaired) electrons. The van der Waals surface area contributed by atoms with Gasteiger partial charge < -0.3 is 24.4 Å². The maximum Gasteiger partial charge on any atom is 0.229 e. The molecule has 4 aromatic rings. The summed E-state index contributed by atoms with van der Waals surface area (Å²) in [6.45, 7) is 10.5. The molecule has 8 nitrogen and oxygen atoms in total. The summed E-state index contributed by atoms with van der Waals surface area (Å²) >= 11 is 0. The quantitative estimate of drug-likeness (QED) is 0.378. The van der Waals surface area contributed by atoms with Gasteiger partial charge in [0.15, 0.2) is 11.6 Å². The van der Waals surface area contributed by atoms with E-state index < -0.39 is 11.6 Å². The van der Waals surface area contributed by atoms with Gasteiger partial charge in [-0.2, -0.15) is 4.98 Å². The summed E-state index contributed by atoms with van der Waals surface area (Å²) in [6, 6.07) is 12.8. The van der Waals surface area contributed by atoms with E-state index >= 15 is 8.78 Å². The summed E-state index contributed by atoms with van der Waals surface area (Å²) in [5.74, 6) is -0.793. The first-order chi connectivity index (χ1) is 19.1. The molecule has 10 heteroatoms.